The van der Waals surface area contributed by atoms with Gasteiger partial charge in [-0.2, -0.15) is 0 Å². The minimum atomic E-state index is -0.843. The quantitative estimate of drug-likeness (QED) is 0.0824. The Bertz CT molecular complexity index is 1070. The van der Waals surface area contributed by atoms with Crippen molar-refractivity contribution >= 4 is 17.9 Å². The van der Waals surface area contributed by atoms with E-state index in [1.54, 1.807) is 6.92 Å². The standard InChI is InChI=1S/C37H58O9/c1-9-32(38)44-35(11-3,12-4)30-17-15-29(42-30)20-23-37(14-6,46-34(40)26(7)8)31-18-16-28(43-31)19-22-36(13-5,45-33(39)10-2)27-21-24-41-25-27/h9-10,27-31H,1-2,7,11-25H2,3-6,8H3. The normalized spacial score (nSPS) is 27.3. The van der Waals surface area contributed by atoms with Gasteiger partial charge >= 0.3 is 17.9 Å². The van der Waals surface area contributed by atoms with Gasteiger partial charge in [0.05, 0.1) is 31.0 Å². The zero-order chi connectivity index (χ0) is 34.0. The number of hydrogen-bond donors (Lipinski definition) is 0. The third-order valence-electron chi connectivity index (χ3n) is 10.8. The molecule has 0 bridgehead atoms. The van der Waals surface area contributed by atoms with Gasteiger partial charge in [0.15, 0.2) is 0 Å². The lowest BCUT2D eigenvalue weighted by atomic mass is 9.79. The van der Waals surface area contributed by atoms with Gasteiger partial charge in [-0.25, -0.2) is 14.4 Å². The maximum Gasteiger partial charge on any atom is 0.333 e. The maximum absolute atomic E-state index is 13.0. The Labute approximate surface area is 276 Å². The molecule has 0 amide bonds. The summed E-state index contributed by atoms with van der Waals surface area (Å²) in [5.74, 6) is -1.15. The number of hydrogen-bond acceptors (Lipinski definition) is 9. The van der Waals surface area contributed by atoms with Crippen molar-refractivity contribution in [1.29, 1.82) is 0 Å². The smallest absolute Gasteiger partial charge is 0.333 e. The number of carbonyl (C=O) groups excluding carboxylic acids is 3. The van der Waals surface area contributed by atoms with Crippen LogP contribution in [-0.4, -0.2) is 72.3 Å². The summed E-state index contributed by atoms with van der Waals surface area (Å²) in [6.45, 7) is 22.0. The predicted molar refractivity (Wildman–Crippen MR) is 176 cm³/mol. The van der Waals surface area contributed by atoms with E-state index in [-0.39, 0.29) is 30.3 Å². The Morgan fingerprint density at radius 3 is 1.63 bits per heavy atom. The molecule has 3 fully saturated rings. The van der Waals surface area contributed by atoms with Crippen LogP contribution in [0.3, 0.4) is 0 Å². The highest BCUT2D eigenvalue weighted by molar-refractivity contribution is 5.87. The predicted octanol–water partition coefficient (Wildman–Crippen LogP) is 7.11. The van der Waals surface area contributed by atoms with Crippen LogP contribution in [0.25, 0.3) is 0 Å². The molecule has 3 aliphatic rings. The lowest BCUT2D eigenvalue weighted by Gasteiger charge is -2.39. The zero-order valence-corrected chi connectivity index (χ0v) is 28.9. The fourth-order valence-corrected chi connectivity index (χ4v) is 7.67. The van der Waals surface area contributed by atoms with E-state index in [9.17, 15) is 14.4 Å². The summed E-state index contributed by atoms with van der Waals surface area (Å²) in [5, 5.41) is 0. The van der Waals surface area contributed by atoms with Gasteiger partial charge in [-0.1, -0.05) is 47.4 Å². The SMILES string of the molecule is C=CC(=O)OC(CC)(CCC1CCC(C(CC)(CCC2CCC(C(CC)(CC)OC(=O)C=C)O2)OC(=O)C(=C)C)O1)C1CCOC1. The highest BCUT2D eigenvalue weighted by Crippen LogP contribution is 2.43. The maximum atomic E-state index is 13.0. The molecular weight excluding hydrogens is 588 g/mol. The average molecular weight is 647 g/mol. The van der Waals surface area contributed by atoms with Crippen molar-refractivity contribution in [3.8, 4) is 0 Å². The number of ether oxygens (including phenoxy) is 6. The van der Waals surface area contributed by atoms with E-state index in [1.807, 2.05) is 20.8 Å². The van der Waals surface area contributed by atoms with Crippen LogP contribution in [0, 0.1) is 5.92 Å². The van der Waals surface area contributed by atoms with E-state index in [4.69, 9.17) is 28.4 Å². The summed E-state index contributed by atoms with van der Waals surface area (Å²) in [6.07, 6.45) is 11.0. The van der Waals surface area contributed by atoms with Crippen molar-refractivity contribution in [2.24, 2.45) is 5.92 Å². The third kappa shape index (κ3) is 8.90. The van der Waals surface area contributed by atoms with E-state index < -0.39 is 34.7 Å². The Hall–Kier alpha value is -2.49. The first-order valence-corrected chi connectivity index (χ1v) is 17.4. The summed E-state index contributed by atoms with van der Waals surface area (Å²) >= 11 is 0. The van der Waals surface area contributed by atoms with Gasteiger partial charge in [0, 0.05) is 30.2 Å². The van der Waals surface area contributed by atoms with Crippen LogP contribution in [0.1, 0.15) is 118 Å². The van der Waals surface area contributed by atoms with Crippen LogP contribution in [-0.2, 0) is 42.8 Å². The molecule has 0 aliphatic carbocycles. The molecule has 9 nitrogen and oxygen atoms in total. The molecular formula is C37H58O9. The molecule has 260 valence electrons. The van der Waals surface area contributed by atoms with E-state index in [1.165, 1.54) is 12.2 Å². The van der Waals surface area contributed by atoms with Crippen LogP contribution in [0.15, 0.2) is 37.5 Å². The molecule has 0 aromatic heterocycles. The molecule has 9 heteroatoms. The molecule has 3 saturated heterocycles. The Kier molecular flexibility index (Phi) is 14.1. The lowest BCUT2D eigenvalue weighted by Crippen LogP contribution is -2.47. The topological polar surface area (TPSA) is 107 Å². The second-order valence-corrected chi connectivity index (χ2v) is 13.3. The Morgan fingerprint density at radius 2 is 1.20 bits per heavy atom. The summed E-state index contributed by atoms with van der Waals surface area (Å²) in [6, 6.07) is 0. The molecule has 0 aromatic rings. The second kappa shape index (κ2) is 17.1. The van der Waals surface area contributed by atoms with Gasteiger partial charge in [-0.15, -0.1) is 0 Å². The van der Waals surface area contributed by atoms with E-state index in [2.05, 4.69) is 26.7 Å². The molecule has 3 rings (SSSR count). The average Bonchev–Trinajstić information content (AvgIpc) is 3.87. The number of esters is 3. The molecule has 0 spiro atoms. The lowest BCUT2D eigenvalue weighted by molar-refractivity contribution is -0.181. The van der Waals surface area contributed by atoms with E-state index >= 15 is 0 Å². The van der Waals surface area contributed by atoms with E-state index in [0.29, 0.717) is 70.2 Å². The van der Waals surface area contributed by atoms with Gasteiger partial charge < -0.3 is 28.4 Å². The summed E-state index contributed by atoms with van der Waals surface area (Å²) < 4.78 is 37.1. The van der Waals surface area contributed by atoms with Crippen LogP contribution in [0.5, 0.6) is 0 Å². The monoisotopic (exact) mass is 646 g/mol. The summed E-state index contributed by atoms with van der Waals surface area (Å²) in [7, 11) is 0. The van der Waals surface area contributed by atoms with Crippen LogP contribution >= 0.6 is 0 Å². The third-order valence-corrected chi connectivity index (χ3v) is 10.8. The summed E-state index contributed by atoms with van der Waals surface area (Å²) in [5.41, 5.74) is -1.83. The van der Waals surface area contributed by atoms with Gasteiger partial charge in [-0.05, 0) is 90.4 Å². The van der Waals surface area contributed by atoms with Gasteiger partial charge in [0.1, 0.15) is 16.8 Å². The first-order valence-electron chi connectivity index (χ1n) is 17.4. The molecule has 0 saturated carbocycles. The molecule has 46 heavy (non-hydrogen) atoms. The number of carbonyl (C=O) groups is 3. The zero-order valence-electron chi connectivity index (χ0n) is 28.9. The van der Waals surface area contributed by atoms with Crippen molar-refractivity contribution < 1.29 is 42.8 Å². The van der Waals surface area contributed by atoms with Crippen molar-refractivity contribution in [2.45, 2.75) is 159 Å². The van der Waals surface area contributed by atoms with Gasteiger partial charge in [0.2, 0.25) is 0 Å². The first kappa shape index (κ1) is 38.0. The molecule has 0 radical (unpaired) electrons. The van der Waals surface area contributed by atoms with Crippen LogP contribution in [0.4, 0.5) is 0 Å². The molecule has 3 aliphatic heterocycles. The van der Waals surface area contributed by atoms with Crippen LogP contribution in [0.2, 0.25) is 0 Å². The molecule has 3 heterocycles. The summed E-state index contributed by atoms with van der Waals surface area (Å²) in [4.78, 5) is 37.5. The fourth-order valence-electron chi connectivity index (χ4n) is 7.67. The van der Waals surface area contributed by atoms with Crippen molar-refractivity contribution in [1.82, 2.24) is 0 Å². The second-order valence-electron chi connectivity index (χ2n) is 13.3. The van der Waals surface area contributed by atoms with Crippen molar-refractivity contribution in [3.63, 3.8) is 0 Å². The minimum absolute atomic E-state index is 0.0588. The Morgan fingerprint density at radius 1 is 0.717 bits per heavy atom. The largest absolute Gasteiger partial charge is 0.456 e. The highest BCUT2D eigenvalue weighted by atomic mass is 16.6. The van der Waals surface area contributed by atoms with Crippen molar-refractivity contribution in [2.75, 3.05) is 13.2 Å². The first-order chi connectivity index (χ1) is 22.0. The number of rotatable bonds is 19. The highest BCUT2D eigenvalue weighted by Gasteiger charge is 2.49. The molecule has 7 atom stereocenters. The van der Waals surface area contributed by atoms with E-state index in [0.717, 1.165) is 32.1 Å². The molecule has 0 aromatic carbocycles. The Balaban J connectivity index is 1.72. The fraction of sp³-hybridized carbons (Fsp3) is 0.757. The van der Waals surface area contributed by atoms with Gasteiger partial charge in [0.25, 0.3) is 0 Å². The van der Waals surface area contributed by atoms with Crippen LogP contribution < -0.4 is 0 Å². The van der Waals surface area contributed by atoms with Crippen molar-refractivity contribution in [3.05, 3.63) is 37.5 Å². The molecule has 7 unspecified atom stereocenters. The molecule has 0 N–H and O–H groups in total. The minimum Gasteiger partial charge on any atom is -0.456 e. The van der Waals surface area contributed by atoms with Gasteiger partial charge in [-0.3, -0.25) is 0 Å².